The molecule has 0 saturated carbocycles. The predicted octanol–water partition coefficient (Wildman–Crippen LogP) is 4.47. The lowest BCUT2D eigenvalue weighted by molar-refractivity contribution is 0.0700. The Morgan fingerprint density at radius 3 is 2.10 bits per heavy atom. The van der Waals surface area contributed by atoms with Gasteiger partial charge in [-0.15, -0.1) is 0 Å². The van der Waals surface area contributed by atoms with Crippen molar-refractivity contribution in [1.29, 1.82) is 0 Å². The van der Waals surface area contributed by atoms with E-state index in [0.717, 1.165) is 30.3 Å². The van der Waals surface area contributed by atoms with Crippen molar-refractivity contribution in [3.8, 4) is 0 Å². The van der Waals surface area contributed by atoms with E-state index in [1.54, 1.807) is 0 Å². The molecule has 0 fully saturated rings. The van der Waals surface area contributed by atoms with E-state index in [1.807, 2.05) is 6.92 Å². The van der Waals surface area contributed by atoms with Gasteiger partial charge in [-0.25, -0.2) is 9.78 Å². The molecule has 0 saturated heterocycles. The summed E-state index contributed by atoms with van der Waals surface area (Å²) in [4.78, 5) is 18.8. The van der Waals surface area contributed by atoms with Gasteiger partial charge in [-0.1, -0.05) is 52.9 Å². The second-order valence-electron chi connectivity index (χ2n) is 6.52. The Hall–Kier alpha value is -1.10. The second-order valence-corrected chi connectivity index (χ2v) is 7.50. The largest absolute Gasteiger partial charge is 0.477 e. The molecule has 5 heteroatoms. The number of rotatable bonds is 8. The molecule has 0 aliphatic heterocycles. The molecule has 0 bridgehead atoms. The van der Waals surface area contributed by atoms with Crippen molar-refractivity contribution in [2.24, 2.45) is 11.8 Å². The Morgan fingerprint density at radius 1 is 1.19 bits per heavy atom. The van der Waals surface area contributed by atoms with Crippen molar-refractivity contribution in [3.63, 3.8) is 0 Å². The maximum atomic E-state index is 11.5. The maximum absolute atomic E-state index is 11.5. The highest BCUT2D eigenvalue weighted by Crippen LogP contribution is 2.33. The Bertz CT molecular complexity index is 459. The lowest BCUT2D eigenvalue weighted by Gasteiger charge is -2.25. The summed E-state index contributed by atoms with van der Waals surface area (Å²) >= 11 is 1.32. The van der Waals surface area contributed by atoms with Crippen molar-refractivity contribution in [3.05, 3.63) is 10.6 Å². The fourth-order valence-corrected chi connectivity index (χ4v) is 3.29. The summed E-state index contributed by atoms with van der Waals surface area (Å²) in [6, 6.07) is 0. The number of nitrogens with zero attached hydrogens (tertiary/aromatic N) is 2. The maximum Gasteiger partial charge on any atom is 0.347 e. The van der Waals surface area contributed by atoms with Crippen LogP contribution in [0.3, 0.4) is 0 Å². The molecule has 0 aromatic carbocycles. The Labute approximate surface area is 132 Å². The molecule has 120 valence electrons. The number of hydrogen-bond acceptors (Lipinski definition) is 4. The smallest absolute Gasteiger partial charge is 0.347 e. The zero-order chi connectivity index (χ0) is 16.2. The fourth-order valence-electron chi connectivity index (χ4n) is 2.25. The summed E-state index contributed by atoms with van der Waals surface area (Å²) in [5.74, 6) is 0.366. The van der Waals surface area contributed by atoms with Gasteiger partial charge in [0.15, 0.2) is 5.13 Å². The number of hydrogen-bond donors (Lipinski definition) is 1. The summed E-state index contributed by atoms with van der Waals surface area (Å²) in [6.07, 6.45) is 0.901. The normalized spacial score (nSPS) is 13.0. The molecule has 1 unspecified atom stereocenters. The molecule has 1 aromatic heterocycles. The van der Waals surface area contributed by atoms with Gasteiger partial charge in [0, 0.05) is 13.1 Å². The molecule has 1 heterocycles. The molecule has 1 rings (SSSR count). The molecular weight excluding hydrogens is 284 g/mol. The van der Waals surface area contributed by atoms with Gasteiger partial charge in [-0.3, -0.25) is 0 Å². The number of carboxylic acids is 1. The molecular formula is C16H28N2O2S. The molecule has 21 heavy (non-hydrogen) atoms. The molecule has 0 amide bonds. The third-order valence-electron chi connectivity index (χ3n) is 3.36. The van der Waals surface area contributed by atoms with Crippen LogP contribution in [0.2, 0.25) is 0 Å². The Kier molecular flexibility index (Phi) is 6.65. The number of aromatic nitrogens is 1. The fraction of sp³-hybridized carbons (Fsp3) is 0.750. The topological polar surface area (TPSA) is 53.4 Å². The zero-order valence-electron chi connectivity index (χ0n) is 14.0. The number of aromatic carboxylic acids is 1. The first-order valence-corrected chi connectivity index (χ1v) is 8.56. The lowest BCUT2D eigenvalue weighted by Crippen LogP contribution is -2.31. The standard InChI is InChI=1S/C16H28N2O2S/c1-7-12(6)13-14(15(19)20)21-16(17-13)18(8-10(2)3)9-11(4)5/h10-12H,7-9H2,1-6H3,(H,19,20). The first kappa shape index (κ1) is 18.0. The van der Waals surface area contributed by atoms with E-state index in [0.29, 0.717) is 16.7 Å². The number of carboxylic acid groups (broad SMARTS) is 1. The zero-order valence-corrected chi connectivity index (χ0v) is 14.8. The molecule has 1 aromatic rings. The van der Waals surface area contributed by atoms with Gasteiger partial charge in [-0.2, -0.15) is 0 Å². The van der Waals surface area contributed by atoms with E-state index < -0.39 is 5.97 Å². The predicted molar refractivity (Wildman–Crippen MR) is 89.7 cm³/mol. The van der Waals surface area contributed by atoms with Gasteiger partial charge >= 0.3 is 5.97 Å². The highest BCUT2D eigenvalue weighted by Gasteiger charge is 2.24. The van der Waals surface area contributed by atoms with Gasteiger partial charge in [0.2, 0.25) is 0 Å². The van der Waals surface area contributed by atoms with Gasteiger partial charge in [-0.05, 0) is 24.2 Å². The molecule has 1 atom stereocenters. The van der Waals surface area contributed by atoms with Crippen LogP contribution in [0.4, 0.5) is 5.13 Å². The van der Waals surface area contributed by atoms with Crippen LogP contribution in [-0.4, -0.2) is 29.1 Å². The van der Waals surface area contributed by atoms with Crippen LogP contribution >= 0.6 is 11.3 Å². The van der Waals surface area contributed by atoms with E-state index in [-0.39, 0.29) is 5.92 Å². The number of anilines is 1. The van der Waals surface area contributed by atoms with Crippen molar-refractivity contribution in [2.75, 3.05) is 18.0 Å². The van der Waals surface area contributed by atoms with Crippen molar-refractivity contribution >= 4 is 22.4 Å². The Balaban J connectivity index is 3.16. The molecule has 0 spiro atoms. The highest BCUT2D eigenvalue weighted by molar-refractivity contribution is 7.17. The van der Waals surface area contributed by atoms with Crippen LogP contribution in [0.5, 0.6) is 0 Å². The van der Waals surface area contributed by atoms with Gasteiger partial charge in [0.25, 0.3) is 0 Å². The molecule has 4 nitrogen and oxygen atoms in total. The lowest BCUT2D eigenvalue weighted by atomic mass is 10.0. The van der Waals surface area contributed by atoms with Crippen LogP contribution in [-0.2, 0) is 0 Å². The van der Waals surface area contributed by atoms with Crippen LogP contribution in [0.25, 0.3) is 0 Å². The summed E-state index contributed by atoms with van der Waals surface area (Å²) < 4.78 is 0. The molecule has 0 aliphatic carbocycles. The van der Waals surface area contributed by atoms with Crippen molar-refractivity contribution in [1.82, 2.24) is 4.98 Å². The summed E-state index contributed by atoms with van der Waals surface area (Å²) in [6.45, 7) is 14.6. The molecule has 0 aliphatic rings. The quantitative estimate of drug-likeness (QED) is 0.769. The first-order valence-electron chi connectivity index (χ1n) is 7.75. The summed E-state index contributed by atoms with van der Waals surface area (Å²) in [5.41, 5.74) is 0.738. The third-order valence-corrected chi connectivity index (χ3v) is 4.48. The van der Waals surface area contributed by atoms with Crippen molar-refractivity contribution < 1.29 is 9.90 Å². The van der Waals surface area contributed by atoms with E-state index in [2.05, 4.69) is 44.5 Å². The van der Waals surface area contributed by atoms with Gasteiger partial charge in [0.1, 0.15) is 4.88 Å². The molecule has 1 N–H and O–H groups in total. The van der Waals surface area contributed by atoms with Crippen LogP contribution < -0.4 is 4.90 Å². The van der Waals surface area contributed by atoms with Crippen LogP contribution in [0.15, 0.2) is 0 Å². The average molecular weight is 312 g/mol. The van der Waals surface area contributed by atoms with E-state index >= 15 is 0 Å². The molecule has 0 radical (unpaired) electrons. The minimum absolute atomic E-state index is 0.182. The van der Waals surface area contributed by atoms with E-state index in [4.69, 9.17) is 0 Å². The van der Waals surface area contributed by atoms with Crippen LogP contribution in [0, 0.1) is 11.8 Å². The second kappa shape index (κ2) is 7.78. The van der Waals surface area contributed by atoms with E-state index in [1.165, 1.54) is 11.3 Å². The highest BCUT2D eigenvalue weighted by atomic mass is 32.1. The summed E-state index contributed by atoms with van der Waals surface area (Å²) in [5, 5.41) is 10.3. The first-order chi connectivity index (χ1) is 9.76. The Morgan fingerprint density at radius 2 is 1.71 bits per heavy atom. The number of thiazole rings is 1. The summed E-state index contributed by atoms with van der Waals surface area (Å²) in [7, 11) is 0. The average Bonchev–Trinajstić information content (AvgIpc) is 2.81. The van der Waals surface area contributed by atoms with Crippen molar-refractivity contribution in [2.45, 2.75) is 53.9 Å². The van der Waals surface area contributed by atoms with Gasteiger partial charge < -0.3 is 10.0 Å². The SMILES string of the molecule is CCC(C)c1nc(N(CC(C)C)CC(C)C)sc1C(=O)O. The van der Waals surface area contributed by atoms with Crippen LogP contribution in [0.1, 0.15) is 69.2 Å². The third kappa shape index (κ3) is 4.99. The van der Waals surface area contributed by atoms with Gasteiger partial charge in [0.05, 0.1) is 5.69 Å². The number of carbonyl (C=O) groups is 1. The van der Waals surface area contributed by atoms with E-state index in [9.17, 15) is 9.90 Å². The monoisotopic (exact) mass is 312 g/mol. The minimum atomic E-state index is -0.858. The minimum Gasteiger partial charge on any atom is -0.477 e.